The van der Waals surface area contributed by atoms with Crippen LogP contribution in [0, 0.1) is 6.92 Å². The number of thiophene rings is 2. The minimum absolute atomic E-state index is 0.535. The van der Waals surface area contributed by atoms with Gasteiger partial charge in [-0.05, 0) is 47.5 Å². The highest BCUT2D eigenvalue weighted by Gasteiger charge is 2.24. The van der Waals surface area contributed by atoms with Crippen LogP contribution in [-0.2, 0) is 13.0 Å². The van der Waals surface area contributed by atoms with Crippen molar-refractivity contribution in [1.82, 2.24) is 19.9 Å². The summed E-state index contributed by atoms with van der Waals surface area (Å²) in [5.41, 5.74) is 6.59. The van der Waals surface area contributed by atoms with Gasteiger partial charge in [0.05, 0.1) is 27.1 Å². The molecule has 2 N–H and O–H groups in total. The molecule has 3 aromatic carbocycles. The zero-order valence-electron chi connectivity index (χ0n) is 19.2. The number of imidazole rings is 2. The van der Waals surface area contributed by atoms with Gasteiger partial charge in [0, 0.05) is 37.7 Å². The van der Waals surface area contributed by atoms with Gasteiger partial charge < -0.3 is 14.7 Å². The first kappa shape index (κ1) is 19.6. The first-order chi connectivity index (χ1) is 17.2. The Morgan fingerprint density at radius 3 is 2.83 bits per heavy atom. The van der Waals surface area contributed by atoms with Gasteiger partial charge in [0.2, 0.25) is 0 Å². The molecule has 0 bridgehead atoms. The van der Waals surface area contributed by atoms with Crippen molar-refractivity contribution in [2.75, 3.05) is 0 Å². The summed E-state index contributed by atoms with van der Waals surface area (Å²) in [7, 11) is 0. The molecule has 8 rings (SSSR count). The summed E-state index contributed by atoms with van der Waals surface area (Å²) in [6.45, 7) is 4.67. The third-order valence-corrected chi connectivity index (χ3v) is 9.13. The van der Waals surface area contributed by atoms with Crippen LogP contribution in [0.1, 0.15) is 24.3 Å². The molecule has 170 valence electrons. The molecule has 1 aliphatic heterocycles. The summed E-state index contributed by atoms with van der Waals surface area (Å²) >= 11 is 3.58. The number of aromatic amines is 2. The highest BCUT2D eigenvalue weighted by molar-refractivity contribution is 7.22. The quantitative estimate of drug-likeness (QED) is 0.257. The monoisotopic (exact) mass is 492 g/mol. The summed E-state index contributed by atoms with van der Waals surface area (Å²) in [6, 6.07) is 15.6. The number of aryl methyl sites for hydroxylation is 2. The van der Waals surface area contributed by atoms with Crippen molar-refractivity contribution < 1.29 is 4.74 Å². The number of ether oxygens (including phenoxy) is 1. The van der Waals surface area contributed by atoms with Gasteiger partial charge >= 0.3 is 0 Å². The Morgan fingerprint density at radius 1 is 0.971 bits per heavy atom. The van der Waals surface area contributed by atoms with Crippen LogP contribution in [0.2, 0.25) is 0 Å². The van der Waals surface area contributed by atoms with E-state index in [4.69, 9.17) is 14.7 Å². The largest absolute Gasteiger partial charge is 0.485 e. The number of H-pyrrole nitrogens is 2. The van der Waals surface area contributed by atoms with Crippen LogP contribution < -0.4 is 4.74 Å². The second-order valence-electron chi connectivity index (χ2n) is 9.09. The van der Waals surface area contributed by atoms with Gasteiger partial charge in [-0.15, -0.1) is 22.7 Å². The van der Waals surface area contributed by atoms with Crippen LogP contribution in [0.25, 0.3) is 63.7 Å². The average molecular weight is 493 g/mol. The van der Waals surface area contributed by atoms with Crippen molar-refractivity contribution in [2.45, 2.75) is 26.9 Å². The second kappa shape index (κ2) is 6.93. The van der Waals surface area contributed by atoms with Gasteiger partial charge in [0.1, 0.15) is 24.0 Å². The molecule has 0 aliphatic carbocycles. The molecule has 7 heteroatoms. The Bertz CT molecular complexity index is 1970. The highest BCUT2D eigenvalue weighted by atomic mass is 32.1. The molecule has 0 spiro atoms. The lowest BCUT2D eigenvalue weighted by molar-refractivity contribution is 0.302. The van der Waals surface area contributed by atoms with E-state index >= 15 is 0 Å². The van der Waals surface area contributed by atoms with E-state index in [1.807, 2.05) is 6.92 Å². The molecule has 0 saturated heterocycles. The molecule has 0 amide bonds. The lowest BCUT2D eigenvalue weighted by Gasteiger charge is -2.17. The smallest absolute Gasteiger partial charge is 0.147 e. The third kappa shape index (κ3) is 2.68. The molecular formula is C28H20N4OS2. The molecule has 5 heterocycles. The van der Waals surface area contributed by atoms with E-state index in [-0.39, 0.29) is 0 Å². The lowest BCUT2D eigenvalue weighted by atomic mass is 10.0. The van der Waals surface area contributed by atoms with E-state index in [1.54, 1.807) is 22.7 Å². The number of aromatic nitrogens is 4. The van der Waals surface area contributed by atoms with Gasteiger partial charge in [-0.1, -0.05) is 25.1 Å². The van der Waals surface area contributed by atoms with Crippen molar-refractivity contribution in [3.05, 3.63) is 65.2 Å². The second-order valence-corrected chi connectivity index (χ2v) is 11.1. The normalized spacial score (nSPS) is 13.1. The van der Waals surface area contributed by atoms with E-state index in [0.29, 0.717) is 6.61 Å². The predicted molar refractivity (Wildman–Crippen MR) is 146 cm³/mol. The molecule has 0 atom stereocenters. The van der Waals surface area contributed by atoms with Gasteiger partial charge in [-0.25, -0.2) is 9.97 Å². The van der Waals surface area contributed by atoms with E-state index in [0.717, 1.165) is 51.8 Å². The Morgan fingerprint density at radius 2 is 1.91 bits per heavy atom. The number of benzene rings is 3. The first-order valence-electron chi connectivity index (χ1n) is 11.7. The topological polar surface area (TPSA) is 66.6 Å². The Hall–Kier alpha value is -3.68. The van der Waals surface area contributed by atoms with Crippen LogP contribution in [0.5, 0.6) is 5.75 Å². The van der Waals surface area contributed by atoms with Crippen molar-refractivity contribution in [2.24, 2.45) is 0 Å². The molecule has 0 unspecified atom stereocenters. The van der Waals surface area contributed by atoms with Crippen LogP contribution in [0.3, 0.4) is 0 Å². The van der Waals surface area contributed by atoms with Gasteiger partial charge in [0.25, 0.3) is 0 Å². The van der Waals surface area contributed by atoms with Crippen LogP contribution >= 0.6 is 22.7 Å². The molecular weight excluding hydrogens is 472 g/mol. The fraction of sp³-hybridized carbons (Fsp3) is 0.143. The van der Waals surface area contributed by atoms with E-state index in [2.05, 4.69) is 64.7 Å². The predicted octanol–water partition coefficient (Wildman–Crippen LogP) is 7.97. The SMILES string of the molecule is CCc1nc2c([nH]1)COc1c-2ccc2cc(-c3ccc4c(c3)c3sccc3c3nc(C)[nH]c43)sc12. The first-order valence-corrected chi connectivity index (χ1v) is 13.4. The maximum absolute atomic E-state index is 6.27. The summed E-state index contributed by atoms with van der Waals surface area (Å²) in [6.07, 6.45) is 0.887. The van der Waals surface area contributed by atoms with Crippen molar-refractivity contribution in [3.8, 4) is 27.4 Å². The molecule has 35 heavy (non-hydrogen) atoms. The van der Waals surface area contributed by atoms with Crippen LogP contribution in [0.4, 0.5) is 0 Å². The number of fused-ring (bicyclic) bond motifs is 11. The van der Waals surface area contributed by atoms with Crippen molar-refractivity contribution in [3.63, 3.8) is 0 Å². The average Bonchev–Trinajstić information content (AvgIpc) is 3.66. The standard InChI is InChI=1S/C28H20N4OS2/c1-3-22-31-20-12-33-26-17(23(20)32-22)7-5-15-11-21(35-27(15)26)14-4-6-16-19(10-14)28-18(8-9-34-28)25-24(16)29-13(2)30-25/h4-11H,3,12H2,1-2H3,(H,29,30)(H,31,32). The van der Waals surface area contributed by atoms with E-state index in [9.17, 15) is 0 Å². The number of hydrogen-bond donors (Lipinski definition) is 2. The summed E-state index contributed by atoms with van der Waals surface area (Å²) in [5, 5.41) is 7.08. The zero-order valence-corrected chi connectivity index (χ0v) is 20.8. The summed E-state index contributed by atoms with van der Waals surface area (Å²) < 4.78 is 8.75. The van der Waals surface area contributed by atoms with Crippen molar-refractivity contribution >= 4 is 64.7 Å². The highest BCUT2D eigenvalue weighted by Crippen LogP contribution is 2.47. The van der Waals surface area contributed by atoms with Gasteiger partial charge in [0.15, 0.2) is 0 Å². The molecule has 5 nitrogen and oxygen atoms in total. The fourth-order valence-corrected chi connectivity index (χ4v) is 7.43. The minimum atomic E-state index is 0.535. The lowest BCUT2D eigenvalue weighted by Crippen LogP contribution is -2.05. The van der Waals surface area contributed by atoms with Gasteiger partial charge in [-0.2, -0.15) is 0 Å². The van der Waals surface area contributed by atoms with Gasteiger partial charge in [-0.3, -0.25) is 0 Å². The van der Waals surface area contributed by atoms with E-state index in [1.165, 1.54) is 41.4 Å². The Balaban J connectivity index is 1.33. The zero-order chi connectivity index (χ0) is 23.3. The Labute approximate surface area is 208 Å². The van der Waals surface area contributed by atoms with Crippen LogP contribution in [-0.4, -0.2) is 19.9 Å². The summed E-state index contributed by atoms with van der Waals surface area (Å²) in [4.78, 5) is 17.7. The number of hydrogen-bond acceptors (Lipinski definition) is 5. The third-order valence-electron chi connectivity index (χ3n) is 6.98. The molecule has 7 aromatic rings. The molecule has 0 fully saturated rings. The maximum atomic E-state index is 6.27. The molecule has 0 saturated carbocycles. The number of nitrogens with one attached hydrogen (secondary N) is 2. The molecule has 0 radical (unpaired) electrons. The van der Waals surface area contributed by atoms with E-state index < -0.39 is 0 Å². The summed E-state index contributed by atoms with van der Waals surface area (Å²) in [5.74, 6) is 2.91. The minimum Gasteiger partial charge on any atom is -0.485 e. The fourth-order valence-electron chi connectivity index (χ4n) is 5.34. The number of nitrogens with zero attached hydrogens (tertiary/aromatic N) is 2. The molecule has 1 aliphatic rings. The van der Waals surface area contributed by atoms with Crippen LogP contribution in [0.15, 0.2) is 47.8 Å². The van der Waals surface area contributed by atoms with Crippen molar-refractivity contribution in [1.29, 1.82) is 0 Å². The number of rotatable bonds is 2. The Kier molecular flexibility index (Phi) is 3.88. The molecule has 4 aromatic heterocycles. The maximum Gasteiger partial charge on any atom is 0.147 e.